The molecule has 3 rings (SSSR count). The number of carbonyl (C=O) groups is 2. The van der Waals surface area contributed by atoms with E-state index in [0.29, 0.717) is 12.1 Å². The minimum Gasteiger partial charge on any atom is -0.464 e. The maximum Gasteiger partial charge on any atom is 0.422 e. The summed E-state index contributed by atoms with van der Waals surface area (Å²) >= 11 is 0. The van der Waals surface area contributed by atoms with Gasteiger partial charge in [-0.05, 0) is 35.8 Å². The fourth-order valence-electron chi connectivity index (χ4n) is 4.20. The molecular formula is C23H30N4O4. The topological polar surface area (TPSA) is 109 Å². The number of nitrogens with zero attached hydrogens (tertiary/aromatic N) is 4. The zero-order valence-electron chi connectivity index (χ0n) is 19.4. The summed E-state index contributed by atoms with van der Waals surface area (Å²) in [6.45, 7) is 17.0. The van der Waals surface area contributed by atoms with Gasteiger partial charge in [-0.25, -0.2) is 14.6 Å². The van der Waals surface area contributed by atoms with Crippen LogP contribution in [0.15, 0.2) is 12.1 Å². The number of rotatable bonds is 2. The third-order valence-electron chi connectivity index (χ3n) is 5.54. The van der Waals surface area contributed by atoms with Crippen molar-refractivity contribution in [1.82, 2.24) is 14.8 Å². The molecule has 0 radical (unpaired) electrons. The van der Waals surface area contributed by atoms with Crippen LogP contribution in [0.2, 0.25) is 0 Å². The third-order valence-corrected chi connectivity index (χ3v) is 5.54. The lowest BCUT2D eigenvalue weighted by Crippen LogP contribution is -2.35. The molecule has 8 nitrogen and oxygen atoms in total. The number of hydrogen-bond donors (Lipinski definition) is 2. The van der Waals surface area contributed by atoms with E-state index >= 15 is 0 Å². The highest BCUT2D eigenvalue weighted by Crippen LogP contribution is 2.42. The van der Waals surface area contributed by atoms with E-state index in [9.17, 15) is 19.8 Å². The molecule has 0 aliphatic heterocycles. The number of fused-ring (bicyclic) bond motifs is 3. The molecule has 0 fully saturated rings. The predicted molar refractivity (Wildman–Crippen MR) is 121 cm³/mol. The molecule has 0 spiro atoms. The van der Waals surface area contributed by atoms with Gasteiger partial charge in [-0.1, -0.05) is 53.7 Å². The van der Waals surface area contributed by atoms with E-state index in [1.165, 1.54) is 0 Å². The first-order valence-corrected chi connectivity index (χ1v) is 10.3. The summed E-state index contributed by atoms with van der Waals surface area (Å²) < 4.78 is 1.74. The summed E-state index contributed by atoms with van der Waals surface area (Å²) in [5.41, 5.74) is 3.27. The average Bonchev–Trinajstić information content (AvgIpc) is 2.95. The molecule has 0 aliphatic rings. The van der Waals surface area contributed by atoms with Crippen LogP contribution in [0.4, 0.5) is 15.4 Å². The van der Waals surface area contributed by atoms with E-state index in [1.807, 2.05) is 19.9 Å². The average molecular weight is 427 g/mol. The SMILES string of the molecule is CCn1nc2c(N(C(=O)O)C(=O)O)nc3c(C(C)(C)C)c(C(C)(C)C)ccc3c2c1C. The van der Waals surface area contributed by atoms with E-state index in [0.717, 1.165) is 27.6 Å². The lowest BCUT2D eigenvalue weighted by atomic mass is 9.74. The first-order chi connectivity index (χ1) is 14.2. The van der Waals surface area contributed by atoms with Gasteiger partial charge < -0.3 is 10.2 Å². The van der Waals surface area contributed by atoms with Crippen LogP contribution in [0.5, 0.6) is 0 Å². The molecule has 8 heteroatoms. The highest BCUT2D eigenvalue weighted by atomic mass is 16.4. The lowest BCUT2D eigenvalue weighted by Gasteiger charge is -2.31. The molecule has 0 saturated heterocycles. The van der Waals surface area contributed by atoms with Gasteiger partial charge in [0.1, 0.15) is 5.52 Å². The van der Waals surface area contributed by atoms with Crippen LogP contribution in [0.1, 0.15) is 65.3 Å². The second kappa shape index (κ2) is 7.21. The summed E-state index contributed by atoms with van der Waals surface area (Å²) in [6, 6.07) is 4.09. The number of aryl methyl sites for hydroxylation is 2. The second-order valence-corrected chi connectivity index (χ2v) is 9.85. The van der Waals surface area contributed by atoms with Crippen molar-refractivity contribution in [1.29, 1.82) is 0 Å². The maximum absolute atomic E-state index is 11.9. The lowest BCUT2D eigenvalue weighted by molar-refractivity contribution is 0.184. The van der Waals surface area contributed by atoms with Gasteiger partial charge in [0, 0.05) is 23.0 Å². The molecular weight excluding hydrogens is 396 g/mol. The van der Waals surface area contributed by atoms with Gasteiger partial charge >= 0.3 is 12.2 Å². The number of pyridine rings is 1. The van der Waals surface area contributed by atoms with E-state index in [1.54, 1.807) is 4.68 Å². The predicted octanol–water partition coefficient (Wildman–Crippen LogP) is 5.67. The standard InChI is InChI=1S/C23H30N4O4/c1-9-26-12(2)15-13-10-11-14(22(3,4)5)16(23(6,7)8)17(13)24-19(18(15)25-26)27(20(28)29)21(30)31/h10-11H,9H2,1-8H3,(H,28,29)(H,30,31). The van der Waals surface area contributed by atoms with Gasteiger partial charge in [0.05, 0.1) is 5.52 Å². The maximum atomic E-state index is 11.9. The summed E-state index contributed by atoms with van der Waals surface area (Å²) in [5.74, 6) is -0.186. The fourth-order valence-corrected chi connectivity index (χ4v) is 4.20. The van der Waals surface area contributed by atoms with Crippen LogP contribution in [0, 0.1) is 6.92 Å². The smallest absolute Gasteiger partial charge is 0.422 e. The molecule has 166 valence electrons. The van der Waals surface area contributed by atoms with Gasteiger partial charge in [0.25, 0.3) is 0 Å². The Hall–Kier alpha value is -3.16. The molecule has 0 saturated carbocycles. The Balaban J connectivity index is 2.66. The molecule has 31 heavy (non-hydrogen) atoms. The van der Waals surface area contributed by atoms with E-state index in [2.05, 4.69) is 57.7 Å². The van der Waals surface area contributed by atoms with Crippen molar-refractivity contribution in [3.63, 3.8) is 0 Å². The first-order valence-electron chi connectivity index (χ1n) is 10.3. The molecule has 0 bridgehead atoms. The van der Waals surface area contributed by atoms with Gasteiger partial charge in [-0.2, -0.15) is 10.00 Å². The Kier molecular flexibility index (Phi) is 5.24. The molecule has 3 aromatic rings. The third kappa shape index (κ3) is 3.60. The molecule has 2 amide bonds. The molecule has 2 heterocycles. The number of anilines is 1. The zero-order valence-corrected chi connectivity index (χ0v) is 19.4. The van der Waals surface area contributed by atoms with E-state index < -0.39 is 12.2 Å². The minimum absolute atomic E-state index is 0.185. The van der Waals surface area contributed by atoms with Crippen LogP contribution in [0.25, 0.3) is 21.8 Å². The minimum atomic E-state index is -1.62. The number of amides is 2. The van der Waals surface area contributed by atoms with Crippen LogP contribution >= 0.6 is 0 Å². The summed E-state index contributed by atoms with van der Waals surface area (Å²) in [7, 11) is 0. The number of imide groups is 1. The number of hydrogen-bond acceptors (Lipinski definition) is 4. The van der Waals surface area contributed by atoms with E-state index in [-0.39, 0.29) is 27.1 Å². The van der Waals surface area contributed by atoms with Crippen molar-refractivity contribution in [3.05, 3.63) is 29.0 Å². The highest BCUT2D eigenvalue weighted by Gasteiger charge is 2.33. The Morgan fingerprint density at radius 2 is 1.58 bits per heavy atom. The summed E-state index contributed by atoms with van der Waals surface area (Å²) in [5, 5.41) is 25.4. The van der Waals surface area contributed by atoms with Crippen LogP contribution in [0.3, 0.4) is 0 Å². The van der Waals surface area contributed by atoms with Gasteiger partial charge in [0.2, 0.25) is 0 Å². The van der Waals surface area contributed by atoms with Crippen LogP contribution in [-0.2, 0) is 17.4 Å². The Bertz CT molecular complexity index is 1200. The Labute approximate surface area is 181 Å². The monoisotopic (exact) mass is 426 g/mol. The molecule has 0 atom stereocenters. The van der Waals surface area contributed by atoms with E-state index in [4.69, 9.17) is 0 Å². The summed E-state index contributed by atoms with van der Waals surface area (Å²) in [4.78, 5) is 28.6. The Morgan fingerprint density at radius 3 is 2.03 bits per heavy atom. The van der Waals surface area contributed by atoms with Gasteiger partial charge in [-0.15, -0.1) is 0 Å². The molecule has 0 aliphatic carbocycles. The van der Waals surface area contributed by atoms with Crippen molar-refractivity contribution >= 4 is 39.8 Å². The Morgan fingerprint density at radius 1 is 1.00 bits per heavy atom. The fraction of sp³-hybridized carbons (Fsp3) is 0.478. The van der Waals surface area contributed by atoms with Crippen LogP contribution < -0.4 is 4.90 Å². The van der Waals surface area contributed by atoms with Crippen molar-refractivity contribution in [3.8, 4) is 0 Å². The molecule has 2 aromatic heterocycles. The number of aromatic nitrogens is 3. The quantitative estimate of drug-likeness (QED) is 0.546. The van der Waals surface area contributed by atoms with Crippen LogP contribution in [-0.4, -0.2) is 37.2 Å². The van der Waals surface area contributed by atoms with Crippen molar-refractivity contribution < 1.29 is 19.8 Å². The number of benzene rings is 1. The molecule has 0 unspecified atom stereocenters. The largest absolute Gasteiger partial charge is 0.464 e. The molecule has 1 aromatic carbocycles. The van der Waals surface area contributed by atoms with Crippen molar-refractivity contribution in [2.75, 3.05) is 4.90 Å². The van der Waals surface area contributed by atoms with Crippen molar-refractivity contribution in [2.24, 2.45) is 0 Å². The first kappa shape index (κ1) is 22.5. The number of carboxylic acid groups (broad SMARTS) is 2. The highest BCUT2D eigenvalue weighted by molar-refractivity contribution is 6.17. The second-order valence-electron chi connectivity index (χ2n) is 9.85. The van der Waals surface area contributed by atoms with Gasteiger partial charge in [0.15, 0.2) is 5.82 Å². The van der Waals surface area contributed by atoms with Crippen molar-refractivity contribution in [2.45, 2.75) is 72.8 Å². The zero-order chi connectivity index (χ0) is 23.5. The summed E-state index contributed by atoms with van der Waals surface area (Å²) in [6.07, 6.45) is -3.23. The normalized spacial score (nSPS) is 12.5. The molecule has 2 N–H and O–H groups in total. The van der Waals surface area contributed by atoms with Gasteiger partial charge in [-0.3, -0.25) is 4.68 Å².